The molecule has 4 rings (SSSR count). The molecule has 3 heterocycles. The molecule has 1 saturated heterocycles. The van der Waals surface area contributed by atoms with Gasteiger partial charge in [0.2, 0.25) is 0 Å². The zero-order chi connectivity index (χ0) is 19.7. The highest BCUT2D eigenvalue weighted by molar-refractivity contribution is 9.10. The summed E-state index contributed by atoms with van der Waals surface area (Å²) in [5.41, 5.74) is 4.03. The number of aryl methyl sites for hydroxylation is 1. The number of piperazine rings is 1. The van der Waals surface area contributed by atoms with Crippen LogP contribution in [0, 0.1) is 19.7 Å². The maximum Gasteiger partial charge on any atom is 0.153 e. The van der Waals surface area contributed by atoms with Crippen LogP contribution in [-0.4, -0.2) is 45.8 Å². The molecule has 1 aliphatic heterocycles. The first-order chi connectivity index (χ1) is 13.5. The van der Waals surface area contributed by atoms with Crippen LogP contribution in [0.2, 0.25) is 0 Å². The lowest BCUT2D eigenvalue weighted by Crippen LogP contribution is -2.46. The molecule has 0 aliphatic carbocycles. The molecule has 0 unspecified atom stereocenters. The van der Waals surface area contributed by atoms with E-state index in [-0.39, 0.29) is 5.82 Å². The molecule has 0 N–H and O–H groups in total. The van der Waals surface area contributed by atoms with E-state index >= 15 is 0 Å². The van der Waals surface area contributed by atoms with Crippen LogP contribution in [-0.2, 0) is 6.54 Å². The number of hydrogen-bond donors (Lipinski definition) is 0. The van der Waals surface area contributed by atoms with E-state index in [1.165, 1.54) is 11.8 Å². The Kier molecular flexibility index (Phi) is 5.46. The number of pyridine rings is 1. The van der Waals surface area contributed by atoms with E-state index in [4.69, 9.17) is 5.10 Å². The van der Waals surface area contributed by atoms with Crippen LogP contribution >= 0.6 is 15.9 Å². The van der Waals surface area contributed by atoms with Crippen LogP contribution in [0.15, 0.2) is 47.1 Å². The molecule has 3 aromatic rings. The second-order valence-electron chi connectivity index (χ2n) is 7.12. The fraction of sp³-hybridized carbons (Fsp3) is 0.333. The van der Waals surface area contributed by atoms with Crippen LogP contribution in [0.3, 0.4) is 0 Å². The van der Waals surface area contributed by atoms with Crippen molar-refractivity contribution in [3.8, 4) is 5.82 Å². The summed E-state index contributed by atoms with van der Waals surface area (Å²) < 4.78 is 16.8. The van der Waals surface area contributed by atoms with E-state index in [0.717, 1.165) is 53.4 Å². The van der Waals surface area contributed by atoms with E-state index in [0.29, 0.717) is 6.54 Å². The molecule has 146 valence electrons. The van der Waals surface area contributed by atoms with Gasteiger partial charge in [-0.25, -0.2) is 14.1 Å². The SMILES string of the molecule is Cc1nn(-c2ccccn2)c(C)c1N1CCN(Cc2ccc(Br)cc2F)CC1. The van der Waals surface area contributed by atoms with Gasteiger partial charge in [0, 0.05) is 49.0 Å². The molecule has 28 heavy (non-hydrogen) atoms. The lowest BCUT2D eigenvalue weighted by molar-refractivity contribution is 0.246. The first-order valence-electron chi connectivity index (χ1n) is 9.42. The molecular formula is C21H23BrFN5. The standard InChI is InChI=1S/C21H23BrFN5/c1-15-21(16(2)28(25-15)20-5-3-4-8-24-20)27-11-9-26(10-12-27)14-17-6-7-18(22)13-19(17)23/h3-8,13H,9-12,14H2,1-2H3. The van der Waals surface area contributed by atoms with Crippen molar-refractivity contribution < 1.29 is 4.39 Å². The Balaban J connectivity index is 1.46. The summed E-state index contributed by atoms with van der Waals surface area (Å²) >= 11 is 3.31. The van der Waals surface area contributed by atoms with Crippen LogP contribution in [0.5, 0.6) is 0 Å². The van der Waals surface area contributed by atoms with Gasteiger partial charge in [-0.3, -0.25) is 4.90 Å². The molecule has 5 nitrogen and oxygen atoms in total. The maximum atomic E-state index is 14.1. The number of anilines is 1. The summed E-state index contributed by atoms with van der Waals surface area (Å²) in [6, 6.07) is 11.1. The van der Waals surface area contributed by atoms with Gasteiger partial charge < -0.3 is 4.90 Å². The third kappa shape index (κ3) is 3.82. The number of nitrogens with zero attached hydrogens (tertiary/aromatic N) is 5. The molecule has 1 aromatic carbocycles. The molecule has 0 spiro atoms. The minimum atomic E-state index is -0.153. The minimum Gasteiger partial charge on any atom is -0.366 e. The van der Waals surface area contributed by atoms with E-state index < -0.39 is 0 Å². The second-order valence-corrected chi connectivity index (χ2v) is 8.03. The predicted octanol–water partition coefficient (Wildman–Crippen LogP) is 4.11. The van der Waals surface area contributed by atoms with Gasteiger partial charge in [-0.05, 0) is 38.1 Å². The van der Waals surface area contributed by atoms with Crippen molar-refractivity contribution in [1.82, 2.24) is 19.7 Å². The van der Waals surface area contributed by atoms with E-state index in [9.17, 15) is 4.39 Å². The van der Waals surface area contributed by atoms with Crippen molar-refractivity contribution in [3.63, 3.8) is 0 Å². The van der Waals surface area contributed by atoms with Crippen molar-refractivity contribution in [1.29, 1.82) is 0 Å². The van der Waals surface area contributed by atoms with Crippen LogP contribution in [0.1, 0.15) is 17.0 Å². The van der Waals surface area contributed by atoms with Crippen molar-refractivity contribution in [2.75, 3.05) is 31.1 Å². The highest BCUT2D eigenvalue weighted by Crippen LogP contribution is 2.27. The molecule has 7 heteroatoms. The van der Waals surface area contributed by atoms with Gasteiger partial charge >= 0.3 is 0 Å². The van der Waals surface area contributed by atoms with Crippen LogP contribution in [0.25, 0.3) is 5.82 Å². The van der Waals surface area contributed by atoms with E-state index in [2.05, 4.69) is 37.6 Å². The molecule has 0 radical (unpaired) electrons. The van der Waals surface area contributed by atoms with E-state index in [1.54, 1.807) is 6.20 Å². The first-order valence-corrected chi connectivity index (χ1v) is 10.2. The Labute approximate surface area is 172 Å². The second kappa shape index (κ2) is 8.01. The van der Waals surface area contributed by atoms with E-state index in [1.807, 2.05) is 41.9 Å². The quantitative estimate of drug-likeness (QED) is 0.607. The van der Waals surface area contributed by atoms with Crippen LogP contribution in [0.4, 0.5) is 10.1 Å². The largest absolute Gasteiger partial charge is 0.366 e. The summed E-state index contributed by atoms with van der Waals surface area (Å²) in [7, 11) is 0. The Hall–Kier alpha value is -2.25. The van der Waals surface area contributed by atoms with Crippen molar-refractivity contribution in [2.45, 2.75) is 20.4 Å². The molecule has 2 aromatic heterocycles. The number of benzene rings is 1. The highest BCUT2D eigenvalue weighted by Gasteiger charge is 2.24. The average Bonchev–Trinajstić information content (AvgIpc) is 3.00. The molecule has 1 aliphatic rings. The summed E-state index contributed by atoms with van der Waals surface area (Å²) in [6.45, 7) is 8.35. The summed E-state index contributed by atoms with van der Waals surface area (Å²) in [6.07, 6.45) is 1.78. The van der Waals surface area contributed by atoms with Gasteiger partial charge in [0.1, 0.15) is 5.82 Å². The number of halogens is 2. The number of rotatable bonds is 4. The third-order valence-electron chi connectivity index (χ3n) is 5.22. The molecule has 0 amide bonds. The van der Waals surface area contributed by atoms with Gasteiger partial charge in [0.15, 0.2) is 5.82 Å². The summed E-state index contributed by atoms with van der Waals surface area (Å²) in [5.74, 6) is 0.679. The molecule has 0 bridgehead atoms. The molecule has 0 saturated carbocycles. The van der Waals surface area contributed by atoms with Gasteiger partial charge in [-0.15, -0.1) is 0 Å². The zero-order valence-electron chi connectivity index (χ0n) is 16.1. The minimum absolute atomic E-state index is 0.153. The Morgan fingerprint density at radius 3 is 2.54 bits per heavy atom. The highest BCUT2D eigenvalue weighted by atomic mass is 79.9. The molecular weight excluding hydrogens is 421 g/mol. The fourth-order valence-corrected chi connectivity index (χ4v) is 4.15. The monoisotopic (exact) mass is 443 g/mol. The van der Waals surface area contributed by atoms with Crippen molar-refractivity contribution >= 4 is 21.6 Å². The third-order valence-corrected chi connectivity index (χ3v) is 5.71. The smallest absolute Gasteiger partial charge is 0.153 e. The Morgan fingerprint density at radius 2 is 1.86 bits per heavy atom. The van der Waals surface area contributed by atoms with Gasteiger partial charge in [0.05, 0.1) is 17.1 Å². The van der Waals surface area contributed by atoms with Crippen LogP contribution < -0.4 is 4.90 Å². The summed E-state index contributed by atoms with van der Waals surface area (Å²) in [4.78, 5) is 9.10. The zero-order valence-corrected chi connectivity index (χ0v) is 17.7. The lowest BCUT2D eigenvalue weighted by Gasteiger charge is -2.36. The summed E-state index contributed by atoms with van der Waals surface area (Å²) in [5, 5.41) is 4.71. The first kappa shape index (κ1) is 19.1. The Bertz CT molecular complexity index is 964. The topological polar surface area (TPSA) is 37.2 Å². The Morgan fingerprint density at radius 1 is 1.07 bits per heavy atom. The number of hydrogen-bond acceptors (Lipinski definition) is 4. The van der Waals surface area contributed by atoms with Gasteiger partial charge in [-0.1, -0.05) is 28.1 Å². The molecule has 1 fully saturated rings. The fourth-order valence-electron chi connectivity index (χ4n) is 3.81. The van der Waals surface area contributed by atoms with Gasteiger partial charge in [-0.2, -0.15) is 5.10 Å². The predicted molar refractivity (Wildman–Crippen MR) is 112 cm³/mol. The number of aromatic nitrogens is 3. The van der Waals surface area contributed by atoms with Crippen molar-refractivity contribution in [3.05, 3.63) is 69.8 Å². The lowest BCUT2D eigenvalue weighted by atomic mass is 10.1. The van der Waals surface area contributed by atoms with Crippen molar-refractivity contribution in [2.24, 2.45) is 0 Å². The molecule has 0 atom stereocenters. The van der Waals surface area contributed by atoms with Gasteiger partial charge in [0.25, 0.3) is 0 Å². The normalized spacial score (nSPS) is 15.2. The maximum absolute atomic E-state index is 14.1. The average molecular weight is 444 g/mol.